The van der Waals surface area contributed by atoms with E-state index in [0.29, 0.717) is 12.6 Å². The van der Waals surface area contributed by atoms with Gasteiger partial charge in [-0.05, 0) is 51.6 Å². The van der Waals surface area contributed by atoms with E-state index in [9.17, 15) is 0 Å². The molecular weight excluding hydrogens is 250 g/mol. The summed E-state index contributed by atoms with van der Waals surface area (Å²) in [6, 6.07) is 8.71. The average Bonchev–Trinajstić information content (AvgIpc) is 2.85. The van der Waals surface area contributed by atoms with Crippen molar-refractivity contribution in [3.63, 3.8) is 0 Å². The second-order valence-corrected chi connectivity index (χ2v) is 4.94. The Morgan fingerprint density at radius 2 is 2.15 bits per heavy atom. The van der Waals surface area contributed by atoms with Gasteiger partial charge in [0, 0.05) is 23.5 Å². The van der Waals surface area contributed by atoms with E-state index in [-0.39, 0.29) is 0 Å². The van der Waals surface area contributed by atoms with Crippen LogP contribution in [0.3, 0.4) is 0 Å². The molecule has 1 aromatic carbocycles. The van der Waals surface area contributed by atoms with Crippen LogP contribution in [0.25, 0.3) is 0 Å². The maximum atomic E-state index is 5.73. The zero-order valence-corrected chi connectivity index (χ0v) is 12.7. The smallest absolute Gasteiger partial charge is 0.124 e. The van der Waals surface area contributed by atoms with Gasteiger partial charge in [0.05, 0.1) is 13.2 Å². The number of aryl methyl sites for hydroxylation is 1. The first-order chi connectivity index (χ1) is 9.65. The molecule has 1 aromatic heterocycles. The van der Waals surface area contributed by atoms with Gasteiger partial charge in [-0.1, -0.05) is 6.07 Å². The number of benzene rings is 1. The Morgan fingerprint density at radius 1 is 1.35 bits per heavy atom. The Kier molecular flexibility index (Phi) is 4.79. The summed E-state index contributed by atoms with van der Waals surface area (Å²) in [5, 5.41) is 7.62. The van der Waals surface area contributed by atoms with Gasteiger partial charge in [-0.25, -0.2) is 0 Å². The molecule has 108 valence electrons. The van der Waals surface area contributed by atoms with Crippen LogP contribution in [0.5, 0.6) is 5.75 Å². The summed E-state index contributed by atoms with van der Waals surface area (Å²) in [4.78, 5) is 0. The van der Waals surface area contributed by atoms with Gasteiger partial charge in [0.1, 0.15) is 5.75 Å². The van der Waals surface area contributed by atoms with E-state index in [2.05, 4.69) is 42.5 Å². The summed E-state index contributed by atoms with van der Waals surface area (Å²) in [5.41, 5.74) is 3.58. The third-order valence-electron chi connectivity index (χ3n) is 3.57. The first-order valence-corrected chi connectivity index (χ1v) is 7.07. The topological polar surface area (TPSA) is 39.1 Å². The molecule has 4 nitrogen and oxygen atoms in total. The molecular formula is C16H23N3O. The average molecular weight is 273 g/mol. The SMILES string of the molecule is CCOc1ccc(C(C)NC)cc1Cn1nccc1C. The van der Waals surface area contributed by atoms with Crippen molar-refractivity contribution < 1.29 is 4.74 Å². The zero-order chi connectivity index (χ0) is 14.5. The van der Waals surface area contributed by atoms with Crippen LogP contribution in [0, 0.1) is 6.92 Å². The number of nitrogens with one attached hydrogen (secondary N) is 1. The first kappa shape index (κ1) is 14.6. The third-order valence-corrected chi connectivity index (χ3v) is 3.57. The number of rotatable bonds is 6. The van der Waals surface area contributed by atoms with Gasteiger partial charge in [0.15, 0.2) is 0 Å². The van der Waals surface area contributed by atoms with Crippen LogP contribution < -0.4 is 10.1 Å². The molecule has 0 aliphatic carbocycles. The van der Waals surface area contributed by atoms with Gasteiger partial charge in [0.25, 0.3) is 0 Å². The van der Waals surface area contributed by atoms with Crippen LogP contribution in [0.4, 0.5) is 0 Å². The molecule has 1 heterocycles. The van der Waals surface area contributed by atoms with Gasteiger partial charge < -0.3 is 10.1 Å². The second kappa shape index (κ2) is 6.57. The standard InChI is InChI=1S/C16H23N3O/c1-5-20-16-7-6-14(13(3)17-4)10-15(16)11-19-12(2)8-9-18-19/h6-10,13,17H,5,11H2,1-4H3. The van der Waals surface area contributed by atoms with E-state index >= 15 is 0 Å². The van der Waals surface area contributed by atoms with Crippen LogP contribution >= 0.6 is 0 Å². The van der Waals surface area contributed by atoms with Gasteiger partial charge in [-0.2, -0.15) is 5.10 Å². The third kappa shape index (κ3) is 3.20. The highest BCUT2D eigenvalue weighted by Gasteiger charge is 2.10. The summed E-state index contributed by atoms with van der Waals surface area (Å²) < 4.78 is 7.72. The Bertz CT molecular complexity index is 563. The highest BCUT2D eigenvalue weighted by atomic mass is 16.5. The molecule has 4 heteroatoms. The lowest BCUT2D eigenvalue weighted by atomic mass is 10.0. The van der Waals surface area contributed by atoms with E-state index in [1.54, 1.807) is 0 Å². The first-order valence-electron chi connectivity index (χ1n) is 7.07. The molecule has 1 unspecified atom stereocenters. The zero-order valence-electron chi connectivity index (χ0n) is 12.7. The lowest BCUT2D eigenvalue weighted by Crippen LogP contribution is -2.13. The number of hydrogen-bond donors (Lipinski definition) is 1. The number of nitrogens with zero attached hydrogens (tertiary/aromatic N) is 2. The monoisotopic (exact) mass is 273 g/mol. The number of aromatic nitrogens is 2. The maximum absolute atomic E-state index is 5.73. The number of hydrogen-bond acceptors (Lipinski definition) is 3. The van der Waals surface area contributed by atoms with Crippen molar-refractivity contribution in [3.05, 3.63) is 47.3 Å². The fourth-order valence-corrected chi connectivity index (χ4v) is 2.18. The molecule has 0 bridgehead atoms. The van der Waals surface area contributed by atoms with Crippen LogP contribution in [-0.2, 0) is 6.54 Å². The summed E-state index contributed by atoms with van der Waals surface area (Å²) in [5.74, 6) is 0.939. The molecule has 0 fully saturated rings. The summed E-state index contributed by atoms with van der Waals surface area (Å²) in [7, 11) is 1.97. The lowest BCUT2D eigenvalue weighted by Gasteiger charge is -2.16. The van der Waals surface area contributed by atoms with Crippen molar-refractivity contribution in [2.24, 2.45) is 0 Å². The highest BCUT2D eigenvalue weighted by Crippen LogP contribution is 2.24. The normalized spacial score (nSPS) is 12.4. The lowest BCUT2D eigenvalue weighted by molar-refractivity contribution is 0.335. The number of ether oxygens (including phenoxy) is 1. The maximum Gasteiger partial charge on any atom is 0.124 e. The van der Waals surface area contributed by atoms with Crippen LogP contribution in [0.15, 0.2) is 30.5 Å². The molecule has 0 saturated carbocycles. The summed E-state index contributed by atoms with van der Waals surface area (Å²) >= 11 is 0. The van der Waals surface area contributed by atoms with Crippen LogP contribution in [0.1, 0.15) is 36.7 Å². The molecule has 0 spiro atoms. The van der Waals surface area contributed by atoms with Crippen molar-refractivity contribution in [3.8, 4) is 5.75 Å². The molecule has 0 amide bonds. The summed E-state index contributed by atoms with van der Waals surface area (Å²) in [6.45, 7) is 7.63. The molecule has 0 aliphatic rings. The minimum atomic E-state index is 0.322. The van der Waals surface area contributed by atoms with Crippen LogP contribution in [0.2, 0.25) is 0 Å². The van der Waals surface area contributed by atoms with Crippen molar-refractivity contribution in [2.45, 2.75) is 33.4 Å². The Hall–Kier alpha value is -1.81. The molecule has 2 aromatic rings. The Labute approximate surface area is 120 Å². The highest BCUT2D eigenvalue weighted by molar-refractivity contribution is 5.38. The second-order valence-electron chi connectivity index (χ2n) is 4.94. The largest absolute Gasteiger partial charge is 0.494 e. The van der Waals surface area contributed by atoms with Crippen molar-refractivity contribution >= 4 is 0 Å². The molecule has 20 heavy (non-hydrogen) atoms. The fourth-order valence-electron chi connectivity index (χ4n) is 2.18. The van der Waals surface area contributed by atoms with Gasteiger partial charge in [0.2, 0.25) is 0 Å². The predicted octanol–water partition coefficient (Wildman–Crippen LogP) is 2.92. The van der Waals surface area contributed by atoms with E-state index < -0.39 is 0 Å². The minimum Gasteiger partial charge on any atom is -0.494 e. The summed E-state index contributed by atoms with van der Waals surface area (Å²) in [6.07, 6.45) is 1.83. The Balaban J connectivity index is 2.33. The van der Waals surface area contributed by atoms with Crippen molar-refractivity contribution in [2.75, 3.05) is 13.7 Å². The molecule has 0 aliphatic heterocycles. The van der Waals surface area contributed by atoms with E-state index in [4.69, 9.17) is 4.74 Å². The van der Waals surface area contributed by atoms with Gasteiger partial charge in [-0.15, -0.1) is 0 Å². The van der Waals surface area contributed by atoms with E-state index in [1.807, 2.05) is 30.9 Å². The minimum absolute atomic E-state index is 0.322. The molecule has 0 saturated heterocycles. The van der Waals surface area contributed by atoms with Crippen molar-refractivity contribution in [1.29, 1.82) is 0 Å². The van der Waals surface area contributed by atoms with Gasteiger partial charge in [-0.3, -0.25) is 4.68 Å². The van der Waals surface area contributed by atoms with Gasteiger partial charge >= 0.3 is 0 Å². The Morgan fingerprint density at radius 3 is 2.75 bits per heavy atom. The quantitative estimate of drug-likeness (QED) is 0.879. The van der Waals surface area contributed by atoms with Crippen LogP contribution in [-0.4, -0.2) is 23.4 Å². The fraction of sp³-hybridized carbons (Fsp3) is 0.438. The molecule has 2 rings (SSSR count). The van der Waals surface area contributed by atoms with E-state index in [1.165, 1.54) is 11.1 Å². The molecule has 0 radical (unpaired) electrons. The molecule has 1 N–H and O–H groups in total. The molecule has 1 atom stereocenters. The predicted molar refractivity (Wildman–Crippen MR) is 81.2 cm³/mol. The van der Waals surface area contributed by atoms with E-state index in [0.717, 1.165) is 18.0 Å². The van der Waals surface area contributed by atoms with Crippen molar-refractivity contribution in [1.82, 2.24) is 15.1 Å².